The van der Waals surface area contributed by atoms with Crippen LogP contribution in [0.3, 0.4) is 0 Å². The Balaban J connectivity index is 1.79. The van der Waals surface area contributed by atoms with Crippen LogP contribution >= 0.6 is 0 Å². The van der Waals surface area contributed by atoms with Crippen LogP contribution in [0, 0.1) is 6.92 Å². The third-order valence-electron chi connectivity index (χ3n) is 3.77. The third kappa shape index (κ3) is 4.63. The van der Waals surface area contributed by atoms with Crippen molar-refractivity contribution in [1.29, 1.82) is 0 Å². The molecule has 140 valence electrons. The van der Waals surface area contributed by atoms with Crippen LogP contribution in [0.1, 0.15) is 11.1 Å². The van der Waals surface area contributed by atoms with Crippen LogP contribution in [0.4, 0.5) is 24.5 Å². The second-order valence-electron chi connectivity index (χ2n) is 5.84. The lowest BCUT2D eigenvalue weighted by Gasteiger charge is -2.15. The number of hydrogen-bond donors (Lipinski definition) is 2. The number of amides is 1. The molecule has 2 N–H and O–H groups in total. The van der Waals surface area contributed by atoms with E-state index in [1.807, 2.05) is 31.2 Å². The van der Waals surface area contributed by atoms with E-state index in [2.05, 4.69) is 20.7 Å². The first kappa shape index (κ1) is 18.4. The standard InChI is InChI=1S/C18H16F3N5O/c1-12-2-5-14(6-3-12)23-9-17(27)25-15-8-13(18(19,20)21)4-7-16(15)26-11-22-10-24-26/h2-8,10-11,23H,9H2,1H3,(H,25,27). The lowest BCUT2D eigenvalue weighted by molar-refractivity contribution is -0.137. The van der Waals surface area contributed by atoms with Crippen molar-refractivity contribution in [1.82, 2.24) is 14.8 Å². The first-order chi connectivity index (χ1) is 12.8. The molecule has 1 heterocycles. The summed E-state index contributed by atoms with van der Waals surface area (Å²) in [6.07, 6.45) is -1.94. The molecule has 1 amide bonds. The summed E-state index contributed by atoms with van der Waals surface area (Å²) in [6.45, 7) is 1.84. The maximum Gasteiger partial charge on any atom is 0.416 e. The zero-order valence-corrected chi connectivity index (χ0v) is 14.3. The smallest absolute Gasteiger partial charge is 0.376 e. The van der Waals surface area contributed by atoms with Crippen molar-refractivity contribution in [2.75, 3.05) is 17.2 Å². The van der Waals surface area contributed by atoms with E-state index in [0.29, 0.717) is 0 Å². The van der Waals surface area contributed by atoms with Gasteiger partial charge >= 0.3 is 6.18 Å². The number of aryl methyl sites for hydroxylation is 1. The fraction of sp³-hybridized carbons (Fsp3) is 0.167. The number of aromatic nitrogens is 3. The van der Waals surface area contributed by atoms with Gasteiger partial charge in [-0.25, -0.2) is 9.67 Å². The van der Waals surface area contributed by atoms with Crippen molar-refractivity contribution in [2.45, 2.75) is 13.1 Å². The van der Waals surface area contributed by atoms with Crippen molar-refractivity contribution in [3.63, 3.8) is 0 Å². The Morgan fingerprint density at radius 1 is 1.15 bits per heavy atom. The highest BCUT2D eigenvalue weighted by Gasteiger charge is 2.31. The fourth-order valence-electron chi connectivity index (χ4n) is 2.39. The van der Waals surface area contributed by atoms with Crippen LogP contribution < -0.4 is 10.6 Å². The second kappa shape index (κ2) is 7.48. The van der Waals surface area contributed by atoms with Crippen LogP contribution in [0.2, 0.25) is 0 Å². The number of nitrogens with zero attached hydrogens (tertiary/aromatic N) is 3. The number of alkyl halides is 3. The van der Waals surface area contributed by atoms with Crippen molar-refractivity contribution < 1.29 is 18.0 Å². The van der Waals surface area contributed by atoms with E-state index in [0.717, 1.165) is 23.4 Å². The summed E-state index contributed by atoms with van der Waals surface area (Å²) in [5.41, 5.74) is 1.21. The number of carbonyl (C=O) groups excluding carboxylic acids is 1. The summed E-state index contributed by atoms with van der Waals surface area (Å²) in [5, 5.41) is 9.33. The maximum absolute atomic E-state index is 13.0. The van der Waals surface area contributed by atoms with Gasteiger partial charge in [0, 0.05) is 5.69 Å². The van der Waals surface area contributed by atoms with Crippen molar-refractivity contribution in [3.8, 4) is 5.69 Å². The van der Waals surface area contributed by atoms with E-state index in [-0.39, 0.29) is 17.9 Å². The molecular formula is C18H16F3N5O. The molecule has 0 aliphatic carbocycles. The number of nitrogens with one attached hydrogen (secondary N) is 2. The number of anilines is 2. The molecular weight excluding hydrogens is 359 g/mol. The summed E-state index contributed by atoms with van der Waals surface area (Å²) in [7, 11) is 0. The van der Waals surface area contributed by atoms with Crippen LogP contribution in [0.15, 0.2) is 55.1 Å². The molecule has 0 fully saturated rings. The van der Waals surface area contributed by atoms with Gasteiger partial charge < -0.3 is 10.6 Å². The summed E-state index contributed by atoms with van der Waals surface area (Å²) in [6, 6.07) is 10.4. The molecule has 9 heteroatoms. The minimum Gasteiger partial charge on any atom is -0.376 e. The lowest BCUT2D eigenvalue weighted by Crippen LogP contribution is -2.23. The highest BCUT2D eigenvalue weighted by atomic mass is 19.4. The zero-order chi connectivity index (χ0) is 19.4. The minimum atomic E-state index is -4.53. The average Bonchev–Trinajstić information content (AvgIpc) is 3.15. The van der Waals surface area contributed by atoms with E-state index in [9.17, 15) is 18.0 Å². The highest BCUT2D eigenvalue weighted by molar-refractivity contribution is 5.95. The Bertz CT molecular complexity index is 921. The molecule has 3 aromatic rings. The quantitative estimate of drug-likeness (QED) is 0.714. The van der Waals surface area contributed by atoms with E-state index in [1.165, 1.54) is 23.4 Å². The predicted molar refractivity (Wildman–Crippen MR) is 94.7 cm³/mol. The largest absolute Gasteiger partial charge is 0.416 e. The van der Waals surface area contributed by atoms with Gasteiger partial charge in [0.2, 0.25) is 5.91 Å². The van der Waals surface area contributed by atoms with Gasteiger partial charge in [0.1, 0.15) is 12.7 Å². The topological polar surface area (TPSA) is 71.8 Å². The average molecular weight is 375 g/mol. The van der Waals surface area contributed by atoms with E-state index < -0.39 is 17.6 Å². The molecule has 0 aliphatic rings. The monoisotopic (exact) mass is 375 g/mol. The molecule has 0 aliphatic heterocycles. The number of rotatable bonds is 5. The summed E-state index contributed by atoms with van der Waals surface area (Å²) < 4.78 is 40.3. The summed E-state index contributed by atoms with van der Waals surface area (Å²) in [4.78, 5) is 16.0. The van der Waals surface area contributed by atoms with Crippen LogP contribution in [-0.4, -0.2) is 27.2 Å². The Hall–Kier alpha value is -3.36. The molecule has 6 nitrogen and oxygen atoms in total. The molecule has 0 saturated heterocycles. The first-order valence-electron chi connectivity index (χ1n) is 7.99. The lowest BCUT2D eigenvalue weighted by atomic mass is 10.1. The Morgan fingerprint density at radius 3 is 2.52 bits per heavy atom. The molecule has 0 bridgehead atoms. The van der Waals surface area contributed by atoms with Crippen LogP contribution in [-0.2, 0) is 11.0 Å². The molecule has 0 spiro atoms. The SMILES string of the molecule is Cc1ccc(NCC(=O)Nc2cc(C(F)(F)F)ccc2-n2cncn2)cc1. The van der Waals surface area contributed by atoms with Gasteiger partial charge in [0.25, 0.3) is 0 Å². The molecule has 1 aromatic heterocycles. The second-order valence-corrected chi connectivity index (χ2v) is 5.84. The van der Waals surface area contributed by atoms with Gasteiger partial charge in [0.05, 0.1) is 23.5 Å². The van der Waals surface area contributed by atoms with Gasteiger partial charge in [0.15, 0.2) is 0 Å². The van der Waals surface area contributed by atoms with Crippen molar-refractivity contribution in [3.05, 3.63) is 66.2 Å². The Labute approximate surface area is 153 Å². The predicted octanol–water partition coefficient (Wildman–Crippen LogP) is 3.65. The molecule has 3 rings (SSSR count). The number of carbonyl (C=O) groups is 1. The fourth-order valence-corrected chi connectivity index (χ4v) is 2.39. The molecule has 2 aromatic carbocycles. The van der Waals surface area contributed by atoms with Crippen LogP contribution in [0.5, 0.6) is 0 Å². The van der Waals surface area contributed by atoms with Gasteiger partial charge in [-0.15, -0.1) is 0 Å². The molecule has 0 saturated carbocycles. The first-order valence-corrected chi connectivity index (χ1v) is 7.99. The van der Waals surface area contributed by atoms with Crippen LogP contribution in [0.25, 0.3) is 5.69 Å². The van der Waals surface area contributed by atoms with Gasteiger partial charge in [-0.05, 0) is 37.3 Å². The van der Waals surface area contributed by atoms with Gasteiger partial charge in [-0.3, -0.25) is 4.79 Å². The number of hydrogen-bond acceptors (Lipinski definition) is 4. The maximum atomic E-state index is 13.0. The molecule has 0 unspecified atom stereocenters. The van der Waals surface area contributed by atoms with E-state index in [4.69, 9.17) is 0 Å². The summed E-state index contributed by atoms with van der Waals surface area (Å²) >= 11 is 0. The number of halogens is 3. The van der Waals surface area contributed by atoms with Crippen molar-refractivity contribution >= 4 is 17.3 Å². The van der Waals surface area contributed by atoms with Gasteiger partial charge in [-0.1, -0.05) is 17.7 Å². The zero-order valence-electron chi connectivity index (χ0n) is 14.3. The molecule has 0 radical (unpaired) electrons. The molecule has 27 heavy (non-hydrogen) atoms. The normalized spacial score (nSPS) is 11.3. The highest BCUT2D eigenvalue weighted by Crippen LogP contribution is 2.33. The number of benzene rings is 2. The Morgan fingerprint density at radius 2 is 1.89 bits per heavy atom. The van der Waals surface area contributed by atoms with E-state index in [1.54, 1.807) is 0 Å². The van der Waals surface area contributed by atoms with Gasteiger partial charge in [-0.2, -0.15) is 18.3 Å². The molecule has 0 atom stereocenters. The minimum absolute atomic E-state index is 0.00830. The third-order valence-corrected chi connectivity index (χ3v) is 3.77. The van der Waals surface area contributed by atoms with E-state index >= 15 is 0 Å². The Kier molecular flexibility index (Phi) is 5.11. The van der Waals surface area contributed by atoms with Crippen molar-refractivity contribution in [2.24, 2.45) is 0 Å². The summed E-state index contributed by atoms with van der Waals surface area (Å²) in [5.74, 6) is -0.490.